The summed E-state index contributed by atoms with van der Waals surface area (Å²) >= 11 is 0. The number of pyridine rings is 1. The third-order valence-electron chi connectivity index (χ3n) is 2.79. The van der Waals surface area contributed by atoms with Crippen molar-refractivity contribution in [2.75, 3.05) is 7.11 Å². The molecule has 1 heterocycles. The van der Waals surface area contributed by atoms with Gasteiger partial charge in [-0.15, -0.1) is 0 Å². The van der Waals surface area contributed by atoms with Gasteiger partial charge in [0.2, 0.25) is 0 Å². The Balaban J connectivity index is 2.11. The van der Waals surface area contributed by atoms with E-state index < -0.39 is 11.7 Å². The van der Waals surface area contributed by atoms with E-state index in [0.717, 1.165) is 0 Å². The number of ether oxygens (including phenoxy) is 1. The van der Waals surface area contributed by atoms with Gasteiger partial charge in [-0.2, -0.15) is 5.10 Å². The molecule has 1 aromatic carbocycles. The standard InChI is InChI=1S/C15H14FN3O2/c1-10(11-6-7-14(21-2)12(16)9-11)18-19-15(20)13-5-3-4-8-17-13/h3-9H,1-2H3,(H,19,20)/b18-10-. The number of hydrazone groups is 1. The van der Waals surface area contributed by atoms with Crippen molar-refractivity contribution in [3.05, 3.63) is 59.7 Å². The van der Waals surface area contributed by atoms with Crippen LogP contribution in [0.4, 0.5) is 4.39 Å². The predicted molar refractivity (Wildman–Crippen MR) is 76.9 cm³/mol. The summed E-state index contributed by atoms with van der Waals surface area (Å²) < 4.78 is 18.4. The maximum atomic E-state index is 13.6. The average Bonchev–Trinajstić information content (AvgIpc) is 2.53. The second-order valence-corrected chi connectivity index (χ2v) is 4.20. The molecule has 0 fully saturated rings. The van der Waals surface area contributed by atoms with Gasteiger partial charge in [0.1, 0.15) is 5.69 Å². The molecule has 108 valence electrons. The number of hydrogen-bond donors (Lipinski definition) is 1. The zero-order chi connectivity index (χ0) is 15.2. The normalized spacial score (nSPS) is 11.1. The summed E-state index contributed by atoms with van der Waals surface area (Å²) in [6.45, 7) is 1.67. The van der Waals surface area contributed by atoms with E-state index in [1.165, 1.54) is 25.4 Å². The number of hydrogen-bond acceptors (Lipinski definition) is 4. The lowest BCUT2D eigenvalue weighted by atomic mass is 10.1. The van der Waals surface area contributed by atoms with Gasteiger partial charge in [0.05, 0.1) is 12.8 Å². The van der Waals surface area contributed by atoms with Crippen LogP contribution in [0.5, 0.6) is 5.75 Å². The molecule has 0 saturated heterocycles. The van der Waals surface area contributed by atoms with E-state index in [0.29, 0.717) is 11.3 Å². The molecule has 0 unspecified atom stereocenters. The van der Waals surface area contributed by atoms with Crippen LogP contribution in [0.3, 0.4) is 0 Å². The summed E-state index contributed by atoms with van der Waals surface area (Å²) in [5.74, 6) is -0.756. The topological polar surface area (TPSA) is 63.6 Å². The molecule has 2 aromatic rings. The van der Waals surface area contributed by atoms with Crippen molar-refractivity contribution >= 4 is 11.6 Å². The molecule has 1 amide bonds. The molecule has 1 N–H and O–H groups in total. The number of rotatable bonds is 4. The number of aromatic nitrogens is 1. The first-order valence-electron chi connectivity index (χ1n) is 6.21. The zero-order valence-electron chi connectivity index (χ0n) is 11.6. The Morgan fingerprint density at radius 1 is 1.33 bits per heavy atom. The van der Waals surface area contributed by atoms with Crippen LogP contribution in [0.1, 0.15) is 23.0 Å². The fourth-order valence-electron chi connectivity index (χ4n) is 1.64. The first-order valence-corrected chi connectivity index (χ1v) is 6.21. The molecular weight excluding hydrogens is 273 g/mol. The number of amides is 1. The molecule has 5 nitrogen and oxygen atoms in total. The highest BCUT2D eigenvalue weighted by Crippen LogP contribution is 2.17. The van der Waals surface area contributed by atoms with E-state index in [1.54, 1.807) is 31.2 Å². The molecule has 1 aromatic heterocycles. The Morgan fingerprint density at radius 2 is 2.14 bits per heavy atom. The summed E-state index contributed by atoms with van der Waals surface area (Å²) in [4.78, 5) is 15.7. The SMILES string of the molecule is COc1ccc(/C(C)=N\NC(=O)c2ccccn2)cc1F. The number of benzene rings is 1. The van der Waals surface area contributed by atoms with E-state index in [1.807, 2.05) is 0 Å². The van der Waals surface area contributed by atoms with Crippen molar-refractivity contribution < 1.29 is 13.9 Å². The molecular formula is C15H14FN3O2. The highest BCUT2D eigenvalue weighted by atomic mass is 19.1. The van der Waals surface area contributed by atoms with Gasteiger partial charge in [0.15, 0.2) is 11.6 Å². The lowest BCUT2D eigenvalue weighted by Crippen LogP contribution is -2.20. The fourth-order valence-corrected chi connectivity index (χ4v) is 1.64. The van der Waals surface area contributed by atoms with Crippen molar-refractivity contribution in [2.45, 2.75) is 6.92 Å². The van der Waals surface area contributed by atoms with Gasteiger partial charge in [0, 0.05) is 11.8 Å². The van der Waals surface area contributed by atoms with E-state index in [-0.39, 0.29) is 11.4 Å². The van der Waals surface area contributed by atoms with Crippen molar-refractivity contribution in [3.63, 3.8) is 0 Å². The largest absolute Gasteiger partial charge is 0.494 e. The highest BCUT2D eigenvalue weighted by molar-refractivity contribution is 6.00. The van der Waals surface area contributed by atoms with Gasteiger partial charge < -0.3 is 4.74 Å². The first kappa shape index (κ1) is 14.6. The Morgan fingerprint density at radius 3 is 2.76 bits per heavy atom. The molecule has 0 aliphatic carbocycles. The summed E-state index contributed by atoms with van der Waals surface area (Å²) in [5.41, 5.74) is 3.66. The van der Waals surface area contributed by atoms with Gasteiger partial charge in [0.25, 0.3) is 5.91 Å². The van der Waals surface area contributed by atoms with Crippen LogP contribution in [-0.2, 0) is 0 Å². The molecule has 0 saturated carbocycles. The molecule has 0 spiro atoms. The van der Waals surface area contributed by atoms with Crippen LogP contribution in [0.2, 0.25) is 0 Å². The van der Waals surface area contributed by atoms with Crippen LogP contribution < -0.4 is 10.2 Å². The third kappa shape index (κ3) is 3.62. The Hall–Kier alpha value is -2.76. The molecule has 6 heteroatoms. The van der Waals surface area contributed by atoms with E-state index in [4.69, 9.17) is 4.74 Å². The molecule has 0 radical (unpaired) electrons. The maximum absolute atomic E-state index is 13.6. The number of methoxy groups -OCH3 is 1. The Labute approximate surface area is 121 Å². The average molecular weight is 287 g/mol. The minimum absolute atomic E-state index is 0.157. The molecule has 0 bridgehead atoms. The van der Waals surface area contributed by atoms with E-state index in [2.05, 4.69) is 15.5 Å². The van der Waals surface area contributed by atoms with E-state index >= 15 is 0 Å². The molecule has 0 aliphatic heterocycles. The predicted octanol–water partition coefficient (Wildman–Crippen LogP) is 2.38. The van der Waals surface area contributed by atoms with Crippen molar-refractivity contribution in [1.82, 2.24) is 10.4 Å². The number of carbonyl (C=O) groups excluding carboxylic acids is 1. The number of carbonyl (C=O) groups is 1. The lowest BCUT2D eigenvalue weighted by molar-refractivity contribution is 0.0950. The van der Waals surface area contributed by atoms with Gasteiger partial charge in [-0.25, -0.2) is 9.82 Å². The van der Waals surface area contributed by atoms with Gasteiger partial charge in [-0.1, -0.05) is 6.07 Å². The summed E-state index contributed by atoms with van der Waals surface area (Å²) in [6.07, 6.45) is 1.52. The maximum Gasteiger partial charge on any atom is 0.289 e. The molecule has 0 atom stereocenters. The minimum atomic E-state index is -0.486. The summed E-state index contributed by atoms with van der Waals surface area (Å²) in [6, 6.07) is 9.46. The summed E-state index contributed by atoms with van der Waals surface area (Å²) in [5, 5.41) is 3.94. The zero-order valence-corrected chi connectivity index (χ0v) is 11.6. The Bertz CT molecular complexity index is 672. The smallest absolute Gasteiger partial charge is 0.289 e. The van der Waals surface area contributed by atoms with Gasteiger partial charge in [-0.3, -0.25) is 9.78 Å². The highest BCUT2D eigenvalue weighted by Gasteiger charge is 2.07. The van der Waals surface area contributed by atoms with Crippen LogP contribution in [-0.4, -0.2) is 23.7 Å². The monoisotopic (exact) mass is 287 g/mol. The van der Waals surface area contributed by atoms with Crippen LogP contribution in [0.25, 0.3) is 0 Å². The van der Waals surface area contributed by atoms with Crippen molar-refractivity contribution in [1.29, 1.82) is 0 Å². The van der Waals surface area contributed by atoms with Gasteiger partial charge >= 0.3 is 0 Å². The minimum Gasteiger partial charge on any atom is -0.494 e. The number of halogens is 1. The van der Waals surface area contributed by atoms with Crippen LogP contribution >= 0.6 is 0 Å². The third-order valence-corrected chi connectivity index (χ3v) is 2.79. The van der Waals surface area contributed by atoms with Crippen LogP contribution in [0, 0.1) is 5.82 Å². The Kier molecular flexibility index (Phi) is 4.61. The first-order chi connectivity index (χ1) is 10.1. The summed E-state index contributed by atoms with van der Waals surface area (Å²) in [7, 11) is 1.39. The number of nitrogens with zero attached hydrogens (tertiary/aromatic N) is 2. The second-order valence-electron chi connectivity index (χ2n) is 4.20. The lowest BCUT2D eigenvalue weighted by Gasteiger charge is -2.05. The fraction of sp³-hybridized carbons (Fsp3) is 0.133. The second kappa shape index (κ2) is 6.60. The van der Waals surface area contributed by atoms with E-state index in [9.17, 15) is 9.18 Å². The molecule has 2 rings (SSSR count). The molecule has 0 aliphatic rings. The molecule has 21 heavy (non-hydrogen) atoms. The van der Waals surface area contributed by atoms with Crippen LogP contribution in [0.15, 0.2) is 47.7 Å². The van der Waals surface area contributed by atoms with Crippen molar-refractivity contribution in [2.24, 2.45) is 5.10 Å². The van der Waals surface area contributed by atoms with Gasteiger partial charge in [-0.05, 0) is 37.3 Å². The quantitative estimate of drug-likeness (QED) is 0.693. The number of nitrogens with one attached hydrogen (secondary N) is 1. The van der Waals surface area contributed by atoms with Crippen molar-refractivity contribution in [3.8, 4) is 5.75 Å².